The Kier molecular flexibility index (Phi) is 10.2. The number of unbranched alkanes of at least 4 members (excludes halogenated alkanes) is 7. The fraction of sp³-hybridized carbons (Fsp3) is 0.455. The summed E-state index contributed by atoms with van der Waals surface area (Å²) in [4.78, 5) is 0. The molecule has 0 bridgehead atoms. The molecule has 0 aromatic heterocycles. The van der Waals surface area contributed by atoms with Crippen LogP contribution in [0.1, 0.15) is 58.3 Å². The molecular weight excluding hydrogens is 414 g/mol. The van der Waals surface area contributed by atoms with Gasteiger partial charge in [0.15, 0.2) is 0 Å². The molecule has 4 heteroatoms. The van der Waals surface area contributed by atoms with E-state index in [2.05, 4.69) is 6.92 Å². The van der Waals surface area contributed by atoms with Crippen LogP contribution in [0.4, 0.5) is 0 Å². The van der Waals surface area contributed by atoms with Gasteiger partial charge in [-0.1, -0.05) is 0 Å². The standard InChI is InChI=1S/C10H21.C6H5.C6H4.2Co.2O/c1-3-5-7-9-10-8-6-4-2;2*1-2-4-6-5-3-1;;;;/h1,3-10H2,2H3;1-5H;1-2,5-6H;;;;. The molecule has 2 aromatic rings. The van der Waals surface area contributed by atoms with E-state index < -0.39 is 27.2 Å². The van der Waals surface area contributed by atoms with Crippen LogP contribution in [0.5, 0.6) is 0 Å². The van der Waals surface area contributed by atoms with Gasteiger partial charge in [0.2, 0.25) is 0 Å². The van der Waals surface area contributed by atoms with Crippen molar-refractivity contribution in [2.45, 2.75) is 63.6 Å². The molecule has 2 rings (SSSR count). The Balaban J connectivity index is 1.74. The van der Waals surface area contributed by atoms with E-state index in [1.165, 1.54) is 44.9 Å². The summed E-state index contributed by atoms with van der Waals surface area (Å²) >= 11 is -2.86. The van der Waals surface area contributed by atoms with E-state index >= 15 is 0 Å². The Morgan fingerprint density at radius 2 is 1.12 bits per heavy atom. The zero-order valence-electron chi connectivity index (χ0n) is 15.5. The van der Waals surface area contributed by atoms with Gasteiger partial charge in [-0.25, -0.2) is 0 Å². The summed E-state index contributed by atoms with van der Waals surface area (Å²) in [5.74, 6) is 0. The van der Waals surface area contributed by atoms with Gasteiger partial charge < -0.3 is 0 Å². The first-order chi connectivity index (χ1) is 12.7. The van der Waals surface area contributed by atoms with Gasteiger partial charge in [0.05, 0.1) is 0 Å². The average molecular weight is 444 g/mol. The molecule has 0 aliphatic heterocycles. The molecule has 0 aliphatic carbocycles. The fourth-order valence-electron chi connectivity index (χ4n) is 2.68. The van der Waals surface area contributed by atoms with E-state index in [1.54, 1.807) is 0 Å². The predicted octanol–water partition coefficient (Wildman–Crippen LogP) is 4.75. The van der Waals surface area contributed by atoms with Gasteiger partial charge in [0.1, 0.15) is 0 Å². The number of hydrogen-bond donors (Lipinski definition) is 0. The van der Waals surface area contributed by atoms with Gasteiger partial charge in [-0.15, -0.1) is 0 Å². The Morgan fingerprint density at radius 1 is 0.615 bits per heavy atom. The van der Waals surface area contributed by atoms with Crippen LogP contribution in [0, 0.1) is 0 Å². The third-order valence-corrected chi connectivity index (χ3v) is 7.82. The van der Waals surface area contributed by atoms with Crippen molar-refractivity contribution in [3.63, 3.8) is 0 Å². The molecule has 2 nitrogen and oxygen atoms in total. The first-order valence-electron chi connectivity index (χ1n) is 9.45. The summed E-state index contributed by atoms with van der Waals surface area (Å²) < 4.78 is 27.5. The molecule has 0 atom stereocenters. The van der Waals surface area contributed by atoms with Crippen LogP contribution >= 0.6 is 0 Å². The van der Waals surface area contributed by atoms with Gasteiger partial charge in [-0.2, -0.15) is 0 Å². The second-order valence-electron chi connectivity index (χ2n) is 6.30. The molecule has 0 aliphatic rings. The van der Waals surface area contributed by atoms with Crippen LogP contribution in [0.15, 0.2) is 54.6 Å². The molecule has 0 radical (unpaired) electrons. The van der Waals surface area contributed by atoms with Crippen molar-refractivity contribution in [3.8, 4) is 0 Å². The second-order valence-corrected chi connectivity index (χ2v) is 10.2. The summed E-state index contributed by atoms with van der Waals surface area (Å²) in [7, 11) is 0. The molecule has 0 N–H and O–H groups in total. The molecule has 0 heterocycles. The molecule has 0 saturated carbocycles. The van der Waals surface area contributed by atoms with Crippen LogP contribution in [0.3, 0.4) is 0 Å². The average Bonchev–Trinajstić information content (AvgIpc) is 2.70. The molecule has 0 saturated heterocycles. The van der Waals surface area contributed by atoms with Crippen molar-refractivity contribution in [2.75, 3.05) is 0 Å². The summed E-state index contributed by atoms with van der Waals surface area (Å²) in [6, 6.07) is 17.0. The number of rotatable bonds is 12. The quantitative estimate of drug-likeness (QED) is 0.443. The molecule has 0 amide bonds. The zero-order chi connectivity index (χ0) is 18.6. The minimum atomic E-state index is -1.55. The van der Waals surface area contributed by atoms with E-state index in [4.69, 9.17) is 0 Å². The SMILES string of the molecule is CCCCCCCCC[CH2][Co](=[O])[c]1cc[c]([Co](=[O])[c]2ccccc2)cc1. The van der Waals surface area contributed by atoms with Crippen LogP contribution in [0.2, 0.25) is 5.36 Å². The van der Waals surface area contributed by atoms with Crippen molar-refractivity contribution in [2.24, 2.45) is 0 Å². The van der Waals surface area contributed by atoms with Gasteiger partial charge in [0, 0.05) is 0 Å². The number of benzene rings is 2. The Labute approximate surface area is 166 Å². The molecular formula is C22H30Co2O2. The summed E-state index contributed by atoms with van der Waals surface area (Å²) in [5, 5.41) is 0.756. The second kappa shape index (κ2) is 12.4. The van der Waals surface area contributed by atoms with Gasteiger partial charge in [-0.3, -0.25) is 0 Å². The normalized spacial score (nSPS) is 12.0. The Morgan fingerprint density at radius 3 is 1.73 bits per heavy atom. The molecule has 0 unspecified atom stereocenters. The van der Waals surface area contributed by atoms with Crippen LogP contribution in [-0.2, 0) is 34.9 Å². The molecule has 148 valence electrons. The summed E-state index contributed by atoms with van der Waals surface area (Å²) in [6.45, 7) is 2.24. The first-order valence-corrected chi connectivity index (χ1v) is 12.6. The van der Waals surface area contributed by atoms with E-state index in [-0.39, 0.29) is 0 Å². The van der Waals surface area contributed by atoms with Crippen molar-refractivity contribution in [3.05, 3.63) is 54.6 Å². The van der Waals surface area contributed by atoms with E-state index in [9.17, 15) is 7.73 Å². The van der Waals surface area contributed by atoms with E-state index in [0.717, 1.165) is 25.3 Å². The fourth-order valence-corrected chi connectivity index (χ4v) is 5.48. The maximum atomic E-state index is 12.5. The van der Waals surface area contributed by atoms with Gasteiger partial charge in [0.25, 0.3) is 0 Å². The van der Waals surface area contributed by atoms with Gasteiger partial charge in [-0.05, 0) is 0 Å². The van der Waals surface area contributed by atoms with Crippen molar-refractivity contribution < 1.29 is 34.9 Å². The third-order valence-electron chi connectivity index (χ3n) is 4.18. The van der Waals surface area contributed by atoms with Crippen molar-refractivity contribution in [1.82, 2.24) is 0 Å². The summed E-state index contributed by atoms with van der Waals surface area (Å²) in [5.41, 5.74) is 0. The molecule has 0 spiro atoms. The topological polar surface area (TPSA) is 34.1 Å². The zero-order valence-corrected chi connectivity index (χ0v) is 17.6. The third kappa shape index (κ3) is 7.35. The Bertz CT molecular complexity index is 681. The predicted molar refractivity (Wildman–Crippen MR) is 101 cm³/mol. The Hall–Kier alpha value is -0.947. The van der Waals surface area contributed by atoms with Crippen molar-refractivity contribution in [1.29, 1.82) is 0 Å². The molecule has 0 fully saturated rings. The van der Waals surface area contributed by atoms with E-state index in [0.29, 0.717) is 0 Å². The minimum absolute atomic E-state index is 0.756. The van der Waals surface area contributed by atoms with Gasteiger partial charge >= 0.3 is 167 Å². The summed E-state index contributed by atoms with van der Waals surface area (Å²) in [6.07, 6.45) is 10.1. The molecule has 26 heavy (non-hydrogen) atoms. The van der Waals surface area contributed by atoms with Crippen molar-refractivity contribution >= 4 is 13.5 Å². The van der Waals surface area contributed by atoms with Crippen LogP contribution < -0.4 is 13.5 Å². The van der Waals surface area contributed by atoms with E-state index in [1.807, 2.05) is 54.6 Å². The monoisotopic (exact) mass is 444 g/mol. The maximum absolute atomic E-state index is 12.5. The number of hydrogen-bond acceptors (Lipinski definition) is 2. The van der Waals surface area contributed by atoms with Crippen LogP contribution in [-0.4, -0.2) is 0 Å². The first kappa shape index (κ1) is 21.4. The van der Waals surface area contributed by atoms with Crippen LogP contribution in [0.25, 0.3) is 0 Å². The molecule has 2 aromatic carbocycles.